The first-order valence-electron chi connectivity index (χ1n) is 3.79. The molecule has 66 valence electrons. The molecular weight excluding hydrogens is 168 g/mol. The van der Waals surface area contributed by atoms with Crippen LogP contribution >= 0.6 is 0 Å². The highest BCUT2D eigenvalue weighted by molar-refractivity contribution is 5.44. The van der Waals surface area contributed by atoms with E-state index in [2.05, 4.69) is 9.98 Å². The van der Waals surface area contributed by atoms with Gasteiger partial charge in [0, 0.05) is 0 Å². The molecule has 1 aliphatic rings. The molecule has 0 saturated carbocycles. The predicted octanol–water partition coefficient (Wildman–Crippen LogP) is 1.12. The zero-order valence-corrected chi connectivity index (χ0v) is 7.10. The fraction of sp³-hybridized carbons (Fsp3) is 0.333. The smallest absolute Gasteiger partial charge is 0.211 e. The molecule has 0 aliphatic heterocycles. The van der Waals surface area contributed by atoms with Gasteiger partial charge in [0.25, 0.3) is 0 Å². The van der Waals surface area contributed by atoms with Gasteiger partial charge in [-0.25, -0.2) is 9.59 Å². The fourth-order valence-electron chi connectivity index (χ4n) is 1.03. The van der Waals surface area contributed by atoms with Crippen molar-refractivity contribution >= 4 is 12.2 Å². The summed E-state index contributed by atoms with van der Waals surface area (Å²) in [5.74, 6) is 0.261. The largest absolute Gasteiger partial charge is 0.238 e. The summed E-state index contributed by atoms with van der Waals surface area (Å²) < 4.78 is 0. The van der Waals surface area contributed by atoms with E-state index in [-0.39, 0.29) is 5.92 Å². The van der Waals surface area contributed by atoms with E-state index >= 15 is 0 Å². The van der Waals surface area contributed by atoms with Crippen LogP contribution in [0, 0.1) is 5.92 Å². The quantitative estimate of drug-likeness (QED) is 0.359. The van der Waals surface area contributed by atoms with Crippen molar-refractivity contribution in [2.24, 2.45) is 15.9 Å². The molecule has 0 heterocycles. The normalized spacial score (nSPS) is 30.4. The van der Waals surface area contributed by atoms with Gasteiger partial charge in [-0.1, -0.05) is 19.1 Å². The summed E-state index contributed by atoms with van der Waals surface area (Å²) in [7, 11) is 0. The van der Waals surface area contributed by atoms with Crippen molar-refractivity contribution in [1.82, 2.24) is 0 Å². The van der Waals surface area contributed by atoms with E-state index in [9.17, 15) is 9.59 Å². The van der Waals surface area contributed by atoms with Crippen molar-refractivity contribution in [1.29, 1.82) is 0 Å². The Morgan fingerprint density at radius 3 is 2.00 bits per heavy atom. The molecule has 0 amide bonds. The third kappa shape index (κ3) is 2.09. The number of nitrogens with zero attached hydrogens (tertiary/aromatic N) is 2. The topological polar surface area (TPSA) is 58.9 Å². The zero-order valence-electron chi connectivity index (χ0n) is 7.10. The molecule has 0 radical (unpaired) electrons. The average Bonchev–Trinajstić information content (AvgIpc) is 2.11. The van der Waals surface area contributed by atoms with Crippen molar-refractivity contribution in [2.45, 2.75) is 12.6 Å². The lowest BCUT2D eigenvalue weighted by Crippen LogP contribution is -2.19. The van der Waals surface area contributed by atoms with Gasteiger partial charge in [-0.05, 0) is 18.1 Å². The molecule has 0 fully saturated rings. The van der Waals surface area contributed by atoms with Crippen molar-refractivity contribution in [3.05, 3.63) is 24.3 Å². The minimum atomic E-state index is -1.20. The number of isocyanates is 2. The molecule has 1 aliphatic carbocycles. The summed E-state index contributed by atoms with van der Waals surface area (Å²) in [5.41, 5.74) is -1.20. The Hall–Kier alpha value is -1.76. The number of rotatable bonds is 2. The third-order valence-corrected chi connectivity index (χ3v) is 1.74. The lowest BCUT2D eigenvalue weighted by molar-refractivity contribution is 0.543. The monoisotopic (exact) mass is 176 g/mol. The van der Waals surface area contributed by atoms with Crippen LogP contribution < -0.4 is 0 Å². The molecule has 0 unspecified atom stereocenters. The molecule has 13 heavy (non-hydrogen) atoms. The Balaban J connectivity index is 3.07. The van der Waals surface area contributed by atoms with Gasteiger partial charge < -0.3 is 0 Å². The molecule has 0 bridgehead atoms. The first-order chi connectivity index (χ1) is 6.22. The van der Waals surface area contributed by atoms with Crippen LogP contribution in [0.25, 0.3) is 0 Å². The van der Waals surface area contributed by atoms with Crippen molar-refractivity contribution in [3.8, 4) is 0 Å². The Bertz CT molecular complexity index is 311. The fourth-order valence-corrected chi connectivity index (χ4v) is 1.03. The molecule has 0 N–H and O–H groups in total. The van der Waals surface area contributed by atoms with Crippen LogP contribution in [0.2, 0.25) is 0 Å². The van der Waals surface area contributed by atoms with Gasteiger partial charge in [0.1, 0.15) is 0 Å². The Labute approximate surface area is 75.4 Å². The van der Waals surface area contributed by atoms with E-state index in [1.807, 2.05) is 19.1 Å². The summed E-state index contributed by atoms with van der Waals surface area (Å²) >= 11 is 0. The van der Waals surface area contributed by atoms with Gasteiger partial charge in [0.2, 0.25) is 17.8 Å². The van der Waals surface area contributed by atoms with E-state index < -0.39 is 5.66 Å². The van der Waals surface area contributed by atoms with Crippen LogP contribution in [0.3, 0.4) is 0 Å². The third-order valence-electron chi connectivity index (χ3n) is 1.74. The second-order valence-corrected chi connectivity index (χ2v) is 2.77. The van der Waals surface area contributed by atoms with Gasteiger partial charge in [-0.3, -0.25) is 0 Å². The molecule has 4 nitrogen and oxygen atoms in total. The molecule has 0 saturated heterocycles. The maximum Gasteiger partial charge on any atom is 0.238 e. The SMILES string of the molecule is CC1C=CC(N=C=O)(N=C=O)C=C1. The van der Waals surface area contributed by atoms with E-state index in [0.29, 0.717) is 0 Å². The lowest BCUT2D eigenvalue weighted by Gasteiger charge is -2.17. The molecule has 0 spiro atoms. The Kier molecular flexibility index (Phi) is 2.70. The highest BCUT2D eigenvalue weighted by Crippen LogP contribution is 2.22. The van der Waals surface area contributed by atoms with Gasteiger partial charge in [0.05, 0.1) is 0 Å². The van der Waals surface area contributed by atoms with Gasteiger partial charge in [-0.2, -0.15) is 9.98 Å². The standard InChI is InChI=1S/C9H8N2O2/c1-8-2-4-9(5-3-8,10-6-12)11-7-13/h2-5,8H,1H3. The lowest BCUT2D eigenvalue weighted by atomic mass is 9.98. The van der Waals surface area contributed by atoms with Gasteiger partial charge in [0.15, 0.2) is 0 Å². The average molecular weight is 176 g/mol. The first kappa shape index (κ1) is 9.33. The molecule has 0 aromatic heterocycles. The van der Waals surface area contributed by atoms with Crippen molar-refractivity contribution in [2.75, 3.05) is 0 Å². The molecule has 0 atom stereocenters. The van der Waals surface area contributed by atoms with Crippen molar-refractivity contribution in [3.63, 3.8) is 0 Å². The summed E-state index contributed by atoms with van der Waals surface area (Å²) in [5, 5.41) is 0. The Morgan fingerprint density at radius 2 is 1.62 bits per heavy atom. The number of allylic oxidation sites excluding steroid dienone is 2. The second kappa shape index (κ2) is 3.76. The minimum Gasteiger partial charge on any atom is -0.211 e. The zero-order chi connectivity index (χ0) is 9.73. The highest BCUT2D eigenvalue weighted by Gasteiger charge is 2.24. The summed E-state index contributed by atoms with van der Waals surface area (Å²) in [4.78, 5) is 27.0. The van der Waals surface area contributed by atoms with Gasteiger partial charge >= 0.3 is 0 Å². The van der Waals surface area contributed by atoms with E-state index in [1.54, 1.807) is 12.2 Å². The maximum atomic E-state index is 10.1. The van der Waals surface area contributed by atoms with E-state index in [0.717, 1.165) is 0 Å². The van der Waals surface area contributed by atoms with Crippen molar-refractivity contribution < 1.29 is 9.59 Å². The molecule has 0 aromatic carbocycles. The summed E-state index contributed by atoms with van der Waals surface area (Å²) in [6.45, 7) is 1.96. The molecule has 1 rings (SSSR count). The molecule has 4 heteroatoms. The summed E-state index contributed by atoms with van der Waals surface area (Å²) in [6, 6.07) is 0. The number of hydrogen-bond donors (Lipinski definition) is 0. The van der Waals surface area contributed by atoms with Gasteiger partial charge in [-0.15, -0.1) is 0 Å². The molecule has 0 aromatic rings. The van der Waals surface area contributed by atoms with Crippen LogP contribution in [-0.4, -0.2) is 17.8 Å². The number of carbonyl (C=O) groups excluding carboxylic acids is 2. The van der Waals surface area contributed by atoms with Crippen LogP contribution in [0.1, 0.15) is 6.92 Å². The van der Waals surface area contributed by atoms with Crippen LogP contribution in [0.15, 0.2) is 34.3 Å². The maximum absolute atomic E-state index is 10.1. The molecular formula is C9H8N2O2. The highest BCUT2D eigenvalue weighted by atomic mass is 16.1. The second-order valence-electron chi connectivity index (χ2n) is 2.77. The van der Waals surface area contributed by atoms with E-state index in [4.69, 9.17) is 0 Å². The number of aliphatic imine (C=N–C) groups is 2. The first-order valence-corrected chi connectivity index (χ1v) is 3.79. The van der Waals surface area contributed by atoms with Crippen LogP contribution in [-0.2, 0) is 9.59 Å². The predicted molar refractivity (Wildman–Crippen MR) is 46.4 cm³/mol. The minimum absolute atomic E-state index is 0.261. The van der Waals surface area contributed by atoms with Crippen LogP contribution in [0.4, 0.5) is 0 Å². The number of hydrogen-bond acceptors (Lipinski definition) is 4. The van der Waals surface area contributed by atoms with E-state index in [1.165, 1.54) is 12.2 Å². The van der Waals surface area contributed by atoms with Crippen LogP contribution in [0.5, 0.6) is 0 Å². The Morgan fingerprint density at radius 1 is 1.15 bits per heavy atom. The summed E-state index contributed by atoms with van der Waals surface area (Å²) in [6.07, 6.45) is 9.52.